The number of hydrogen-bond acceptors (Lipinski definition) is 3. The Labute approximate surface area is 99.0 Å². The van der Waals surface area contributed by atoms with E-state index in [0.29, 0.717) is 0 Å². The third-order valence-electron chi connectivity index (χ3n) is 3.35. The smallest absolute Gasteiger partial charge is 0.110 e. The highest BCUT2D eigenvalue weighted by atomic mass is 35.5. The summed E-state index contributed by atoms with van der Waals surface area (Å²) in [7, 11) is 2.22. The predicted octanol–water partition coefficient (Wildman–Crippen LogP) is 1.62. The molecule has 2 aliphatic rings. The Bertz CT molecular complexity index is 211. The van der Waals surface area contributed by atoms with Crippen LogP contribution in [0.15, 0.2) is 0 Å². The predicted molar refractivity (Wildman–Crippen MR) is 64.5 cm³/mol. The number of nitrogens with zero attached hydrogens (tertiary/aromatic N) is 1. The van der Waals surface area contributed by atoms with E-state index in [4.69, 9.17) is 4.74 Å². The molecule has 1 N–H and O–H groups in total. The van der Waals surface area contributed by atoms with Crippen LogP contribution in [-0.4, -0.2) is 42.9 Å². The third-order valence-corrected chi connectivity index (χ3v) is 3.35. The molecule has 90 valence electrons. The molecule has 0 aromatic rings. The number of rotatable bonds is 2. The molecule has 0 aromatic carbocycles. The Hall–Kier alpha value is 0.170. The van der Waals surface area contributed by atoms with Crippen LogP contribution in [0.4, 0.5) is 0 Å². The van der Waals surface area contributed by atoms with Gasteiger partial charge < -0.3 is 9.64 Å². The van der Waals surface area contributed by atoms with E-state index in [1.807, 2.05) is 0 Å². The van der Waals surface area contributed by atoms with Crippen molar-refractivity contribution in [2.24, 2.45) is 0 Å². The topological polar surface area (TPSA) is 24.5 Å². The molecule has 0 amide bonds. The molecule has 0 spiro atoms. The van der Waals surface area contributed by atoms with Gasteiger partial charge >= 0.3 is 0 Å². The zero-order chi connectivity index (χ0) is 10.2. The molecule has 2 atom stereocenters. The molecule has 2 saturated heterocycles. The van der Waals surface area contributed by atoms with Crippen LogP contribution in [0.5, 0.6) is 0 Å². The minimum atomic E-state index is 0. The van der Waals surface area contributed by atoms with E-state index in [1.165, 1.54) is 19.4 Å². The fourth-order valence-corrected chi connectivity index (χ4v) is 2.48. The molecular formula is C11H23ClN2O. The largest absolute Gasteiger partial charge is 0.361 e. The van der Waals surface area contributed by atoms with Gasteiger partial charge in [-0.3, -0.25) is 5.32 Å². The Morgan fingerprint density at radius 2 is 2.20 bits per heavy atom. The second kappa shape index (κ2) is 5.00. The van der Waals surface area contributed by atoms with Crippen LogP contribution in [-0.2, 0) is 4.74 Å². The minimum Gasteiger partial charge on any atom is -0.361 e. The van der Waals surface area contributed by atoms with Gasteiger partial charge in [-0.2, -0.15) is 0 Å². The van der Waals surface area contributed by atoms with Gasteiger partial charge in [0.15, 0.2) is 0 Å². The molecule has 2 heterocycles. The molecule has 3 nitrogen and oxygen atoms in total. The normalized spacial score (nSPS) is 35.4. The highest BCUT2D eigenvalue weighted by Gasteiger charge is 2.33. The number of likely N-dealkylation sites (tertiary alicyclic amines) is 1. The molecular weight excluding hydrogens is 212 g/mol. The van der Waals surface area contributed by atoms with Gasteiger partial charge in [0.1, 0.15) is 6.23 Å². The zero-order valence-electron chi connectivity index (χ0n) is 9.95. The van der Waals surface area contributed by atoms with Gasteiger partial charge in [-0.05, 0) is 40.3 Å². The second-order valence-corrected chi connectivity index (χ2v) is 5.34. The number of nitrogens with one attached hydrogen (secondary N) is 1. The average Bonchev–Trinajstić information content (AvgIpc) is 2.61. The first kappa shape index (κ1) is 13.2. The maximum absolute atomic E-state index is 5.74. The highest BCUT2D eigenvalue weighted by molar-refractivity contribution is 5.85. The summed E-state index contributed by atoms with van der Waals surface area (Å²) in [5.41, 5.74) is 0.168. The number of halogens is 1. The summed E-state index contributed by atoms with van der Waals surface area (Å²) < 4.78 is 5.74. The van der Waals surface area contributed by atoms with Crippen molar-refractivity contribution < 1.29 is 4.74 Å². The number of hydrogen-bond donors (Lipinski definition) is 1. The van der Waals surface area contributed by atoms with Crippen LogP contribution < -0.4 is 5.32 Å². The van der Waals surface area contributed by atoms with Gasteiger partial charge in [0.2, 0.25) is 0 Å². The summed E-state index contributed by atoms with van der Waals surface area (Å²) in [4.78, 5) is 2.45. The molecule has 0 radical (unpaired) electrons. The van der Waals surface area contributed by atoms with E-state index in [0.717, 1.165) is 19.1 Å². The van der Waals surface area contributed by atoms with Crippen molar-refractivity contribution in [1.29, 1.82) is 0 Å². The van der Waals surface area contributed by atoms with Crippen molar-refractivity contribution in [2.75, 3.05) is 20.2 Å². The zero-order valence-corrected chi connectivity index (χ0v) is 10.8. The van der Waals surface area contributed by atoms with Gasteiger partial charge in [-0.15, -0.1) is 12.4 Å². The molecule has 2 unspecified atom stereocenters. The van der Waals surface area contributed by atoms with Gasteiger partial charge in [-0.1, -0.05) is 0 Å². The molecule has 2 rings (SSSR count). The summed E-state index contributed by atoms with van der Waals surface area (Å²) in [6.07, 6.45) is 4.09. The maximum atomic E-state index is 5.74. The van der Waals surface area contributed by atoms with Crippen molar-refractivity contribution >= 4 is 12.4 Å². The Morgan fingerprint density at radius 3 is 2.67 bits per heavy atom. The second-order valence-electron chi connectivity index (χ2n) is 5.34. The molecule has 2 aliphatic heterocycles. The quantitative estimate of drug-likeness (QED) is 0.786. The van der Waals surface area contributed by atoms with E-state index < -0.39 is 0 Å². The molecule has 0 saturated carbocycles. The molecule has 0 bridgehead atoms. The molecule has 2 fully saturated rings. The summed E-state index contributed by atoms with van der Waals surface area (Å²) in [6, 6.07) is 0.724. The van der Waals surface area contributed by atoms with E-state index in [9.17, 15) is 0 Å². The summed E-state index contributed by atoms with van der Waals surface area (Å²) >= 11 is 0. The van der Waals surface area contributed by atoms with Crippen LogP contribution in [0.25, 0.3) is 0 Å². The summed E-state index contributed by atoms with van der Waals surface area (Å²) in [5.74, 6) is 0. The third kappa shape index (κ3) is 3.31. The van der Waals surface area contributed by atoms with Gasteiger partial charge in [0.05, 0.1) is 6.61 Å². The fourth-order valence-electron chi connectivity index (χ4n) is 2.48. The fraction of sp³-hybridized carbons (Fsp3) is 1.00. The molecule has 15 heavy (non-hydrogen) atoms. The van der Waals surface area contributed by atoms with Crippen molar-refractivity contribution in [3.05, 3.63) is 0 Å². The average molecular weight is 235 g/mol. The standard InChI is InChI=1S/C11H22N2O.ClH/c1-11(2)8-14-10(12-11)7-9-5-4-6-13(9)3;/h9-10,12H,4-8H2,1-3H3;1H. The lowest BCUT2D eigenvalue weighted by atomic mass is 10.1. The Morgan fingerprint density at radius 1 is 1.47 bits per heavy atom. The van der Waals surface area contributed by atoms with Crippen LogP contribution in [0, 0.1) is 0 Å². The van der Waals surface area contributed by atoms with Crippen LogP contribution in [0.3, 0.4) is 0 Å². The maximum Gasteiger partial charge on any atom is 0.110 e. The monoisotopic (exact) mass is 234 g/mol. The van der Waals surface area contributed by atoms with E-state index in [1.54, 1.807) is 0 Å². The lowest BCUT2D eigenvalue weighted by Crippen LogP contribution is -2.41. The first-order valence-electron chi connectivity index (χ1n) is 5.66. The van der Waals surface area contributed by atoms with E-state index >= 15 is 0 Å². The SMILES string of the molecule is CN1CCCC1CC1NC(C)(C)CO1.Cl. The Balaban J connectivity index is 0.00000112. The molecule has 0 aliphatic carbocycles. The van der Waals surface area contributed by atoms with Crippen molar-refractivity contribution in [3.63, 3.8) is 0 Å². The van der Waals surface area contributed by atoms with E-state index in [2.05, 4.69) is 31.1 Å². The first-order chi connectivity index (χ1) is 6.57. The van der Waals surface area contributed by atoms with Crippen molar-refractivity contribution in [3.8, 4) is 0 Å². The lowest BCUT2D eigenvalue weighted by molar-refractivity contribution is 0.0722. The Kier molecular flexibility index (Phi) is 4.41. The lowest BCUT2D eigenvalue weighted by Gasteiger charge is -2.23. The molecule has 4 heteroatoms. The number of ether oxygens (including phenoxy) is 1. The highest BCUT2D eigenvalue weighted by Crippen LogP contribution is 2.23. The van der Waals surface area contributed by atoms with Gasteiger partial charge in [0, 0.05) is 18.0 Å². The van der Waals surface area contributed by atoms with Crippen LogP contribution in [0.1, 0.15) is 33.1 Å². The minimum absolute atomic E-state index is 0. The van der Waals surface area contributed by atoms with Crippen LogP contribution >= 0.6 is 12.4 Å². The van der Waals surface area contributed by atoms with Crippen LogP contribution in [0.2, 0.25) is 0 Å². The van der Waals surface area contributed by atoms with Crippen molar-refractivity contribution in [2.45, 2.75) is 50.9 Å². The van der Waals surface area contributed by atoms with Gasteiger partial charge in [-0.25, -0.2) is 0 Å². The molecule has 0 aromatic heterocycles. The summed E-state index contributed by atoms with van der Waals surface area (Å²) in [5, 5.41) is 3.53. The summed E-state index contributed by atoms with van der Waals surface area (Å²) in [6.45, 7) is 6.49. The van der Waals surface area contributed by atoms with Gasteiger partial charge in [0.25, 0.3) is 0 Å². The van der Waals surface area contributed by atoms with Crippen molar-refractivity contribution in [1.82, 2.24) is 10.2 Å². The van der Waals surface area contributed by atoms with E-state index in [-0.39, 0.29) is 24.2 Å². The first-order valence-corrected chi connectivity index (χ1v) is 5.66.